The lowest BCUT2D eigenvalue weighted by Gasteiger charge is -2.46. The Morgan fingerprint density at radius 3 is 2.93 bits per heavy atom. The van der Waals surface area contributed by atoms with Crippen molar-refractivity contribution in [3.05, 3.63) is 47.3 Å². The molecule has 0 radical (unpaired) electrons. The molecule has 0 bridgehead atoms. The quantitative estimate of drug-likeness (QED) is 0.873. The third-order valence-electron chi connectivity index (χ3n) is 5.45. The summed E-state index contributed by atoms with van der Waals surface area (Å²) in [5.41, 5.74) is 2.38. The third kappa shape index (κ3) is 3.07. The molecule has 3 heterocycles. The SMILES string of the molecule is CCCn1ncc(C(=O)N2CCCC3(C2)NC(=O)c2ccccc2N3)c1C. The number of nitrogens with zero attached hydrogens (tertiary/aromatic N) is 3. The summed E-state index contributed by atoms with van der Waals surface area (Å²) in [4.78, 5) is 27.5. The number of nitrogens with one attached hydrogen (secondary N) is 2. The van der Waals surface area contributed by atoms with Crippen molar-refractivity contribution in [3.63, 3.8) is 0 Å². The number of anilines is 1. The predicted molar refractivity (Wildman–Crippen MR) is 103 cm³/mol. The first-order valence-corrected chi connectivity index (χ1v) is 9.54. The second-order valence-corrected chi connectivity index (χ2v) is 7.40. The van der Waals surface area contributed by atoms with Crippen LogP contribution in [0.4, 0.5) is 5.69 Å². The van der Waals surface area contributed by atoms with Crippen LogP contribution in [0.1, 0.15) is 52.6 Å². The van der Waals surface area contributed by atoms with Crippen molar-refractivity contribution >= 4 is 17.5 Å². The largest absolute Gasteiger partial charge is 0.361 e. The number of hydrogen-bond acceptors (Lipinski definition) is 4. The molecule has 2 aliphatic rings. The van der Waals surface area contributed by atoms with Crippen LogP contribution < -0.4 is 10.6 Å². The van der Waals surface area contributed by atoms with Crippen molar-refractivity contribution in [3.8, 4) is 0 Å². The van der Waals surface area contributed by atoms with E-state index in [0.29, 0.717) is 24.2 Å². The summed E-state index contributed by atoms with van der Waals surface area (Å²) < 4.78 is 1.88. The van der Waals surface area contributed by atoms with Gasteiger partial charge in [0.2, 0.25) is 0 Å². The number of piperidine rings is 1. The molecule has 27 heavy (non-hydrogen) atoms. The van der Waals surface area contributed by atoms with Gasteiger partial charge in [-0.15, -0.1) is 0 Å². The highest BCUT2D eigenvalue weighted by atomic mass is 16.2. The van der Waals surface area contributed by atoms with Crippen molar-refractivity contribution < 1.29 is 9.59 Å². The van der Waals surface area contributed by atoms with Crippen LogP contribution in [0.3, 0.4) is 0 Å². The molecular weight excluding hydrogens is 342 g/mol. The highest BCUT2D eigenvalue weighted by Gasteiger charge is 2.42. The Bertz CT molecular complexity index is 890. The van der Waals surface area contributed by atoms with Gasteiger partial charge in [-0.05, 0) is 38.3 Å². The Hall–Kier alpha value is -2.83. The van der Waals surface area contributed by atoms with E-state index in [0.717, 1.165) is 37.2 Å². The average molecular weight is 367 g/mol. The highest BCUT2D eigenvalue weighted by Crippen LogP contribution is 2.31. The van der Waals surface area contributed by atoms with Gasteiger partial charge in [-0.3, -0.25) is 14.3 Å². The zero-order valence-electron chi connectivity index (χ0n) is 15.8. The molecule has 142 valence electrons. The van der Waals surface area contributed by atoms with Gasteiger partial charge in [-0.25, -0.2) is 0 Å². The zero-order valence-corrected chi connectivity index (χ0v) is 15.8. The Morgan fingerprint density at radius 2 is 2.11 bits per heavy atom. The molecule has 1 saturated heterocycles. The summed E-state index contributed by atoms with van der Waals surface area (Å²) >= 11 is 0. The Kier molecular flexibility index (Phi) is 4.37. The second kappa shape index (κ2) is 6.72. The van der Waals surface area contributed by atoms with Crippen LogP contribution in [-0.4, -0.2) is 45.2 Å². The summed E-state index contributed by atoms with van der Waals surface area (Å²) in [6, 6.07) is 7.48. The number of likely N-dealkylation sites (tertiary alicyclic amines) is 1. The van der Waals surface area contributed by atoms with Gasteiger partial charge in [0, 0.05) is 24.5 Å². The molecule has 1 spiro atoms. The van der Waals surface area contributed by atoms with E-state index in [4.69, 9.17) is 0 Å². The number of para-hydroxylation sites is 1. The minimum atomic E-state index is -0.618. The Morgan fingerprint density at radius 1 is 1.30 bits per heavy atom. The average Bonchev–Trinajstić information content (AvgIpc) is 3.02. The minimum Gasteiger partial charge on any atom is -0.361 e. The summed E-state index contributed by atoms with van der Waals surface area (Å²) in [5, 5.41) is 10.9. The molecule has 1 aromatic carbocycles. The van der Waals surface area contributed by atoms with Gasteiger partial charge in [0.25, 0.3) is 11.8 Å². The van der Waals surface area contributed by atoms with E-state index in [1.165, 1.54) is 0 Å². The number of rotatable bonds is 3. The maximum atomic E-state index is 13.1. The van der Waals surface area contributed by atoms with E-state index in [-0.39, 0.29) is 11.8 Å². The molecule has 2 N–H and O–H groups in total. The maximum Gasteiger partial charge on any atom is 0.257 e. The molecule has 7 heteroatoms. The highest BCUT2D eigenvalue weighted by molar-refractivity contribution is 6.02. The zero-order chi connectivity index (χ0) is 19.0. The van der Waals surface area contributed by atoms with E-state index in [9.17, 15) is 9.59 Å². The molecule has 1 atom stereocenters. The number of carbonyl (C=O) groups excluding carboxylic acids is 2. The van der Waals surface area contributed by atoms with E-state index >= 15 is 0 Å². The van der Waals surface area contributed by atoms with Gasteiger partial charge < -0.3 is 15.5 Å². The molecule has 7 nitrogen and oxygen atoms in total. The Balaban J connectivity index is 1.57. The predicted octanol–water partition coefficient (Wildman–Crippen LogP) is 2.39. The molecule has 0 saturated carbocycles. The standard InChI is InChI=1S/C20H25N5O2/c1-3-10-25-14(2)16(12-21-25)19(27)24-11-6-9-20(13-24)22-17-8-5-4-7-15(17)18(26)23-20/h4-5,7-8,12,22H,3,6,9-11,13H2,1-2H3,(H,23,26). The molecule has 2 aliphatic heterocycles. The summed E-state index contributed by atoms with van der Waals surface area (Å²) in [6.07, 6.45) is 4.24. The number of benzene rings is 1. The van der Waals surface area contributed by atoms with Crippen LogP contribution in [-0.2, 0) is 6.54 Å². The van der Waals surface area contributed by atoms with Gasteiger partial charge in [0.15, 0.2) is 0 Å². The molecular formula is C20H25N5O2. The van der Waals surface area contributed by atoms with Gasteiger partial charge in [0.05, 0.1) is 23.9 Å². The molecule has 0 aliphatic carbocycles. The normalized spacial score (nSPS) is 21.6. The van der Waals surface area contributed by atoms with Crippen molar-refractivity contribution in [2.24, 2.45) is 0 Å². The molecule has 1 fully saturated rings. The fraction of sp³-hybridized carbons (Fsp3) is 0.450. The lowest BCUT2D eigenvalue weighted by atomic mass is 9.93. The third-order valence-corrected chi connectivity index (χ3v) is 5.45. The van der Waals surface area contributed by atoms with Crippen LogP contribution in [0.2, 0.25) is 0 Å². The lowest BCUT2D eigenvalue weighted by molar-refractivity contribution is 0.0592. The minimum absolute atomic E-state index is 0.0242. The van der Waals surface area contributed by atoms with Crippen molar-refractivity contribution in [1.29, 1.82) is 0 Å². The second-order valence-electron chi connectivity index (χ2n) is 7.40. The van der Waals surface area contributed by atoms with E-state index in [1.54, 1.807) is 6.20 Å². The number of amides is 2. The van der Waals surface area contributed by atoms with Gasteiger partial charge >= 0.3 is 0 Å². The monoisotopic (exact) mass is 367 g/mol. The van der Waals surface area contributed by atoms with Crippen LogP contribution in [0, 0.1) is 6.92 Å². The maximum absolute atomic E-state index is 13.1. The molecule has 4 rings (SSSR count). The summed E-state index contributed by atoms with van der Waals surface area (Å²) in [5.74, 6) is -0.116. The number of carbonyl (C=O) groups is 2. The molecule has 2 aromatic rings. The first-order chi connectivity index (χ1) is 13.0. The molecule has 1 unspecified atom stereocenters. The first-order valence-electron chi connectivity index (χ1n) is 9.54. The molecule has 2 amide bonds. The van der Waals surface area contributed by atoms with Crippen LogP contribution in [0.25, 0.3) is 0 Å². The van der Waals surface area contributed by atoms with Crippen LogP contribution in [0.5, 0.6) is 0 Å². The number of aromatic nitrogens is 2. The van der Waals surface area contributed by atoms with Crippen LogP contribution >= 0.6 is 0 Å². The number of fused-ring (bicyclic) bond motifs is 1. The summed E-state index contributed by atoms with van der Waals surface area (Å²) in [7, 11) is 0. The Labute approximate surface area is 158 Å². The van der Waals surface area contributed by atoms with Crippen molar-refractivity contribution in [1.82, 2.24) is 20.0 Å². The van der Waals surface area contributed by atoms with Gasteiger partial charge in [0.1, 0.15) is 5.66 Å². The topological polar surface area (TPSA) is 79.3 Å². The molecule has 1 aromatic heterocycles. The van der Waals surface area contributed by atoms with Gasteiger partial charge in [-0.2, -0.15) is 5.10 Å². The summed E-state index contributed by atoms with van der Waals surface area (Å²) in [6.45, 7) is 5.94. The smallest absolute Gasteiger partial charge is 0.257 e. The van der Waals surface area contributed by atoms with Crippen molar-refractivity contribution in [2.45, 2.75) is 45.3 Å². The van der Waals surface area contributed by atoms with Crippen LogP contribution in [0.15, 0.2) is 30.5 Å². The lowest BCUT2D eigenvalue weighted by Crippen LogP contribution is -2.66. The number of aryl methyl sites for hydroxylation is 1. The van der Waals surface area contributed by atoms with E-state index < -0.39 is 5.66 Å². The van der Waals surface area contributed by atoms with E-state index in [2.05, 4.69) is 22.7 Å². The fourth-order valence-corrected chi connectivity index (χ4v) is 4.06. The van der Waals surface area contributed by atoms with Gasteiger partial charge in [-0.1, -0.05) is 19.1 Å². The van der Waals surface area contributed by atoms with Crippen molar-refractivity contribution in [2.75, 3.05) is 18.4 Å². The fourth-order valence-electron chi connectivity index (χ4n) is 4.06. The first kappa shape index (κ1) is 17.6. The number of hydrogen-bond donors (Lipinski definition) is 2. The van der Waals surface area contributed by atoms with E-state index in [1.807, 2.05) is 40.8 Å².